The Bertz CT molecular complexity index is 820. The summed E-state index contributed by atoms with van der Waals surface area (Å²) in [4.78, 5) is 38.3. The van der Waals surface area contributed by atoms with E-state index in [-0.39, 0.29) is 22.0 Å². The van der Waals surface area contributed by atoms with Crippen molar-refractivity contribution in [3.05, 3.63) is 57.8 Å². The zero-order chi connectivity index (χ0) is 19.3. The Hall–Kier alpha value is -2.64. The number of nitrogens with one attached hydrogen (secondary N) is 2. The number of aliphatic carboxylic acids is 1. The molecule has 3 N–H and O–H groups in total. The molecule has 0 aliphatic carbocycles. The van der Waals surface area contributed by atoms with Gasteiger partial charge in [0.2, 0.25) is 5.91 Å². The van der Waals surface area contributed by atoms with Gasteiger partial charge in [-0.15, -0.1) is 0 Å². The average molecular weight is 396 g/mol. The van der Waals surface area contributed by atoms with Gasteiger partial charge in [-0.3, -0.25) is 14.6 Å². The lowest BCUT2D eigenvalue weighted by atomic mass is 10.1. The van der Waals surface area contributed by atoms with Crippen LogP contribution in [0.3, 0.4) is 0 Å². The van der Waals surface area contributed by atoms with Gasteiger partial charge in [-0.2, -0.15) is 0 Å². The Labute approximate surface area is 159 Å². The van der Waals surface area contributed by atoms with E-state index < -0.39 is 23.8 Å². The second kappa shape index (κ2) is 8.64. The van der Waals surface area contributed by atoms with Crippen LogP contribution >= 0.6 is 23.2 Å². The average Bonchev–Trinajstić information content (AvgIpc) is 2.55. The third-order valence-electron chi connectivity index (χ3n) is 3.41. The first kappa shape index (κ1) is 19.7. The molecule has 0 bridgehead atoms. The van der Waals surface area contributed by atoms with Gasteiger partial charge in [-0.05, 0) is 17.7 Å². The summed E-state index contributed by atoms with van der Waals surface area (Å²) in [6.45, 7) is 1.25. The fraction of sp³-hybridized carbons (Fsp3) is 0.176. The van der Waals surface area contributed by atoms with E-state index in [0.29, 0.717) is 11.3 Å². The van der Waals surface area contributed by atoms with Gasteiger partial charge in [0, 0.05) is 31.4 Å². The van der Waals surface area contributed by atoms with Crippen LogP contribution in [0.1, 0.15) is 22.8 Å². The summed E-state index contributed by atoms with van der Waals surface area (Å²) < 4.78 is 0. The summed E-state index contributed by atoms with van der Waals surface area (Å²) in [5.41, 5.74) is 1.28. The van der Waals surface area contributed by atoms with Crippen LogP contribution in [0.5, 0.6) is 0 Å². The van der Waals surface area contributed by atoms with E-state index in [1.54, 1.807) is 24.3 Å². The molecule has 136 valence electrons. The van der Waals surface area contributed by atoms with Crippen molar-refractivity contribution in [2.75, 3.05) is 5.32 Å². The van der Waals surface area contributed by atoms with E-state index in [2.05, 4.69) is 15.6 Å². The van der Waals surface area contributed by atoms with E-state index >= 15 is 0 Å². The van der Waals surface area contributed by atoms with Crippen molar-refractivity contribution in [3.8, 4) is 0 Å². The maximum atomic E-state index is 12.3. The van der Waals surface area contributed by atoms with Crippen molar-refractivity contribution >= 4 is 46.7 Å². The van der Waals surface area contributed by atoms with Crippen LogP contribution in [-0.2, 0) is 16.0 Å². The highest BCUT2D eigenvalue weighted by atomic mass is 35.5. The number of carbonyl (C=O) groups is 3. The Morgan fingerprint density at radius 1 is 1.12 bits per heavy atom. The second-order valence-corrected chi connectivity index (χ2v) is 6.24. The highest BCUT2D eigenvalue weighted by Gasteiger charge is 2.19. The third kappa shape index (κ3) is 5.18. The summed E-state index contributed by atoms with van der Waals surface area (Å²) in [6.07, 6.45) is 2.75. The Morgan fingerprint density at radius 3 is 2.19 bits per heavy atom. The largest absolute Gasteiger partial charge is 0.480 e. The monoisotopic (exact) mass is 395 g/mol. The number of benzene rings is 1. The lowest BCUT2D eigenvalue weighted by Gasteiger charge is -2.14. The number of carbonyl (C=O) groups excluding carboxylic acids is 2. The molecule has 1 aromatic carbocycles. The number of anilines is 1. The molecule has 2 amide bonds. The predicted octanol–water partition coefficient (Wildman–Crippen LogP) is 2.77. The van der Waals surface area contributed by atoms with Crippen LogP contribution < -0.4 is 10.6 Å². The molecule has 0 fully saturated rings. The fourth-order valence-electron chi connectivity index (χ4n) is 2.23. The van der Waals surface area contributed by atoms with Crippen molar-refractivity contribution in [2.24, 2.45) is 0 Å². The van der Waals surface area contributed by atoms with Crippen LogP contribution in [0.4, 0.5) is 5.69 Å². The van der Waals surface area contributed by atoms with Crippen molar-refractivity contribution in [3.63, 3.8) is 0 Å². The van der Waals surface area contributed by atoms with Gasteiger partial charge in [-0.25, -0.2) is 4.79 Å². The first-order valence-corrected chi connectivity index (χ1v) is 8.22. The van der Waals surface area contributed by atoms with E-state index in [9.17, 15) is 14.4 Å². The highest BCUT2D eigenvalue weighted by Crippen LogP contribution is 2.24. The number of hydrogen-bond acceptors (Lipinski definition) is 4. The summed E-state index contributed by atoms with van der Waals surface area (Å²) in [5.74, 6) is -2.04. The molecular weight excluding hydrogens is 381 g/mol. The van der Waals surface area contributed by atoms with Gasteiger partial charge >= 0.3 is 5.97 Å². The highest BCUT2D eigenvalue weighted by molar-refractivity contribution is 6.40. The van der Waals surface area contributed by atoms with E-state index in [1.807, 2.05) is 0 Å². The molecule has 0 radical (unpaired) electrons. The lowest BCUT2D eigenvalue weighted by Crippen LogP contribution is -2.41. The normalized spacial score (nSPS) is 11.5. The number of amides is 2. The number of carboxylic acid groups (broad SMARTS) is 1. The standard InChI is InChI=1S/C17H15Cl2N3O4/c1-9(23)21-14(17(25)26)6-10-2-4-11(5-3-10)22-16(24)15-12(18)7-20-8-13(15)19/h2-5,7-8,14H,6H2,1H3,(H,21,23)(H,22,24)(H,25,26)/t14-/m0/s1. The molecule has 1 aromatic heterocycles. The number of aromatic nitrogens is 1. The zero-order valence-corrected chi connectivity index (χ0v) is 15.1. The molecule has 0 aliphatic heterocycles. The molecule has 1 atom stereocenters. The minimum Gasteiger partial charge on any atom is -0.480 e. The second-order valence-electron chi connectivity index (χ2n) is 5.42. The molecule has 0 saturated heterocycles. The molecule has 0 aliphatic rings. The topological polar surface area (TPSA) is 108 Å². The molecule has 9 heteroatoms. The number of nitrogens with zero attached hydrogens (tertiary/aromatic N) is 1. The third-order valence-corrected chi connectivity index (χ3v) is 3.98. The number of rotatable bonds is 6. The molecule has 2 aromatic rings. The van der Waals surface area contributed by atoms with E-state index in [1.165, 1.54) is 19.3 Å². The van der Waals surface area contributed by atoms with E-state index in [0.717, 1.165) is 0 Å². The smallest absolute Gasteiger partial charge is 0.326 e. The summed E-state index contributed by atoms with van der Waals surface area (Å²) in [6, 6.07) is 5.51. The van der Waals surface area contributed by atoms with Crippen LogP contribution in [0, 0.1) is 0 Å². The van der Waals surface area contributed by atoms with Gasteiger partial charge < -0.3 is 15.7 Å². The first-order valence-electron chi connectivity index (χ1n) is 7.47. The molecule has 7 nitrogen and oxygen atoms in total. The van der Waals surface area contributed by atoms with Crippen molar-refractivity contribution in [1.29, 1.82) is 0 Å². The van der Waals surface area contributed by atoms with Gasteiger partial charge in [0.1, 0.15) is 6.04 Å². The number of halogens is 2. The van der Waals surface area contributed by atoms with Crippen LogP contribution in [0.2, 0.25) is 10.0 Å². The molecule has 0 saturated carbocycles. The summed E-state index contributed by atoms with van der Waals surface area (Å²) >= 11 is 11.9. The molecule has 0 spiro atoms. The molecular formula is C17H15Cl2N3O4. The Balaban J connectivity index is 2.08. The van der Waals surface area contributed by atoms with Gasteiger partial charge in [-0.1, -0.05) is 35.3 Å². The van der Waals surface area contributed by atoms with Crippen LogP contribution in [0.15, 0.2) is 36.7 Å². The Kier molecular flexibility index (Phi) is 6.54. The van der Waals surface area contributed by atoms with Crippen LogP contribution in [0.25, 0.3) is 0 Å². The number of carboxylic acids is 1. The van der Waals surface area contributed by atoms with Gasteiger partial charge in [0.05, 0.1) is 15.6 Å². The molecule has 0 unspecified atom stereocenters. The van der Waals surface area contributed by atoms with Crippen molar-refractivity contribution in [2.45, 2.75) is 19.4 Å². The summed E-state index contributed by atoms with van der Waals surface area (Å²) in [5, 5.41) is 14.4. The number of pyridine rings is 1. The first-order chi connectivity index (χ1) is 12.3. The Morgan fingerprint density at radius 2 is 1.69 bits per heavy atom. The molecule has 26 heavy (non-hydrogen) atoms. The minimum atomic E-state index is -1.13. The predicted molar refractivity (Wildman–Crippen MR) is 97.6 cm³/mol. The quantitative estimate of drug-likeness (QED) is 0.696. The lowest BCUT2D eigenvalue weighted by molar-refractivity contribution is -0.141. The van der Waals surface area contributed by atoms with Gasteiger partial charge in [0.15, 0.2) is 0 Å². The van der Waals surface area contributed by atoms with Crippen molar-refractivity contribution < 1.29 is 19.5 Å². The zero-order valence-electron chi connectivity index (χ0n) is 13.6. The summed E-state index contributed by atoms with van der Waals surface area (Å²) in [7, 11) is 0. The van der Waals surface area contributed by atoms with Crippen LogP contribution in [-0.4, -0.2) is 33.9 Å². The molecule has 1 heterocycles. The minimum absolute atomic E-state index is 0.115. The molecule has 2 rings (SSSR count). The fourth-order valence-corrected chi connectivity index (χ4v) is 2.76. The maximum Gasteiger partial charge on any atom is 0.326 e. The van der Waals surface area contributed by atoms with E-state index in [4.69, 9.17) is 28.3 Å². The number of hydrogen-bond donors (Lipinski definition) is 3. The maximum absolute atomic E-state index is 12.3. The SMILES string of the molecule is CC(=O)N[C@@H](Cc1ccc(NC(=O)c2c(Cl)cncc2Cl)cc1)C(=O)O. The van der Waals surface area contributed by atoms with Crippen molar-refractivity contribution in [1.82, 2.24) is 10.3 Å². The van der Waals surface area contributed by atoms with Gasteiger partial charge in [0.25, 0.3) is 5.91 Å².